The summed E-state index contributed by atoms with van der Waals surface area (Å²) >= 11 is 0. The van der Waals surface area contributed by atoms with Crippen molar-refractivity contribution < 1.29 is 9.53 Å². The average molecular weight is 225 g/mol. The van der Waals surface area contributed by atoms with E-state index >= 15 is 0 Å². The van der Waals surface area contributed by atoms with Crippen molar-refractivity contribution in [3.63, 3.8) is 0 Å². The minimum atomic E-state index is -0.295. The van der Waals surface area contributed by atoms with Gasteiger partial charge in [-0.25, -0.2) is 4.79 Å². The molecule has 1 aromatic rings. The Morgan fingerprint density at radius 2 is 2.25 bits per heavy atom. The van der Waals surface area contributed by atoms with Crippen LogP contribution in [0.5, 0.6) is 0 Å². The van der Waals surface area contributed by atoms with E-state index in [1.165, 1.54) is 0 Å². The van der Waals surface area contributed by atoms with Crippen molar-refractivity contribution in [2.45, 2.75) is 20.4 Å². The molecule has 1 heterocycles. The molecular formula is C11H19N3O2. The smallest absolute Gasteiger partial charge is 0.341 e. The van der Waals surface area contributed by atoms with Crippen LogP contribution in [0.4, 0.5) is 0 Å². The molecule has 0 unspecified atom stereocenters. The van der Waals surface area contributed by atoms with Crippen LogP contribution in [0.25, 0.3) is 0 Å². The fourth-order valence-electron chi connectivity index (χ4n) is 1.38. The largest absolute Gasteiger partial charge is 0.462 e. The molecule has 0 amide bonds. The summed E-state index contributed by atoms with van der Waals surface area (Å²) in [7, 11) is 4.01. The molecule has 0 fully saturated rings. The van der Waals surface area contributed by atoms with Crippen molar-refractivity contribution in [2.75, 3.05) is 27.2 Å². The number of hydrogen-bond acceptors (Lipinski definition) is 4. The van der Waals surface area contributed by atoms with Crippen molar-refractivity contribution in [1.29, 1.82) is 0 Å². The Labute approximate surface area is 96.0 Å². The van der Waals surface area contributed by atoms with Crippen molar-refractivity contribution in [3.8, 4) is 0 Å². The normalized spacial score (nSPS) is 10.8. The topological polar surface area (TPSA) is 47.4 Å². The van der Waals surface area contributed by atoms with E-state index in [1.807, 2.05) is 25.7 Å². The molecule has 0 N–H and O–H groups in total. The lowest BCUT2D eigenvalue weighted by Gasteiger charge is -2.10. The highest BCUT2D eigenvalue weighted by Crippen LogP contribution is 2.08. The molecule has 0 aromatic carbocycles. The lowest BCUT2D eigenvalue weighted by atomic mass is 10.2. The van der Waals surface area contributed by atoms with Crippen LogP contribution in [0.1, 0.15) is 23.0 Å². The van der Waals surface area contributed by atoms with E-state index < -0.39 is 0 Å². The number of esters is 1. The van der Waals surface area contributed by atoms with E-state index in [0.29, 0.717) is 12.2 Å². The zero-order valence-electron chi connectivity index (χ0n) is 10.4. The Hall–Kier alpha value is -1.36. The SMILES string of the molecule is CCOC(=O)c1cnn(CCN(C)C)c1C. The third kappa shape index (κ3) is 3.06. The molecular weight excluding hydrogens is 206 g/mol. The van der Waals surface area contributed by atoms with Crippen LogP contribution >= 0.6 is 0 Å². The summed E-state index contributed by atoms with van der Waals surface area (Å²) in [5.41, 5.74) is 1.42. The fourth-order valence-corrected chi connectivity index (χ4v) is 1.38. The molecule has 16 heavy (non-hydrogen) atoms. The van der Waals surface area contributed by atoms with Crippen LogP contribution in [0.2, 0.25) is 0 Å². The van der Waals surface area contributed by atoms with Crippen molar-refractivity contribution >= 4 is 5.97 Å². The quantitative estimate of drug-likeness (QED) is 0.699. The molecule has 1 aromatic heterocycles. The average Bonchev–Trinajstić information content (AvgIpc) is 2.57. The van der Waals surface area contributed by atoms with Crippen molar-refractivity contribution in [2.24, 2.45) is 0 Å². The van der Waals surface area contributed by atoms with Crippen LogP contribution in [-0.2, 0) is 11.3 Å². The Bertz CT molecular complexity index is 358. The van der Waals surface area contributed by atoms with E-state index in [1.54, 1.807) is 13.1 Å². The summed E-state index contributed by atoms with van der Waals surface area (Å²) in [5.74, 6) is -0.295. The van der Waals surface area contributed by atoms with Gasteiger partial charge in [-0.15, -0.1) is 0 Å². The zero-order chi connectivity index (χ0) is 12.1. The minimum Gasteiger partial charge on any atom is -0.462 e. The van der Waals surface area contributed by atoms with E-state index in [0.717, 1.165) is 18.8 Å². The molecule has 0 aliphatic heterocycles. The first-order valence-corrected chi connectivity index (χ1v) is 5.40. The number of carbonyl (C=O) groups is 1. The molecule has 0 spiro atoms. The number of carbonyl (C=O) groups excluding carboxylic acids is 1. The lowest BCUT2D eigenvalue weighted by molar-refractivity contribution is 0.0525. The summed E-state index contributed by atoms with van der Waals surface area (Å²) in [6.45, 7) is 5.74. The Kier molecular flexibility index (Phi) is 4.49. The van der Waals surface area contributed by atoms with Crippen LogP contribution in [-0.4, -0.2) is 47.9 Å². The van der Waals surface area contributed by atoms with Gasteiger partial charge in [0, 0.05) is 12.2 Å². The molecule has 5 heteroatoms. The second-order valence-electron chi connectivity index (χ2n) is 3.89. The molecule has 0 aliphatic rings. The monoisotopic (exact) mass is 225 g/mol. The first kappa shape index (κ1) is 12.7. The van der Waals surface area contributed by atoms with Gasteiger partial charge in [0.15, 0.2) is 0 Å². The van der Waals surface area contributed by atoms with Crippen molar-refractivity contribution in [3.05, 3.63) is 17.5 Å². The summed E-state index contributed by atoms with van der Waals surface area (Å²) in [4.78, 5) is 13.6. The van der Waals surface area contributed by atoms with Gasteiger partial charge >= 0.3 is 5.97 Å². The summed E-state index contributed by atoms with van der Waals surface area (Å²) in [5, 5.41) is 4.18. The van der Waals surface area contributed by atoms with Gasteiger partial charge in [-0.3, -0.25) is 4.68 Å². The minimum absolute atomic E-state index is 0.295. The highest BCUT2D eigenvalue weighted by molar-refractivity contribution is 5.90. The maximum atomic E-state index is 11.5. The first-order chi connectivity index (χ1) is 7.56. The van der Waals surface area contributed by atoms with Gasteiger partial charge in [0.1, 0.15) is 5.56 Å². The molecule has 0 radical (unpaired) electrons. The van der Waals surface area contributed by atoms with E-state index in [4.69, 9.17) is 4.74 Å². The fraction of sp³-hybridized carbons (Fsp3) is 0.636. The first-order valence-electron chi connectivity index (χ1n) is 5.40. The van der Waals surface area contributed by atoms with Gasteiger partial charge in [-0.1, -0.05) is 0 Å². The van der Waals surface area contributed by atoms with Crippen molar-refractivity contribution in [1.82, 2.24) is 14.7 Å². The Balaban J connectivity index is 2.72. The van der Waals surface area contributed by atoms with Gasteiger partial charge in [-0.05, 0) is 27.9 Å². The number of likely N-dealkylation sites (N-methyl/N-ethyl adjacent to an activating group) is 1. The summed E-state index contributed by atoms with van der Waals surface area (Å²) in [6, 6.07) is 0. The number of nitrogens with zero attached hydrogens (tertiary/aromatic N) is 3. The zero-order valence-corrected chi connectivity index (χ0v) is 10.4. The standard InChI is InChI=1S/C11H19N3O2/c1-5-16-11(15)10-8-12-14(9(10)2)7-6-13(3)4/h8H,5-7H2,1-4H3. The number of rotatable bonds is 5. The van der Waals surface area contributed by atoms with E-state index in [9.17, 15) is 4.79 Å². The van der Waals surface area contributed by atoms with Gasteiger partial charge in [0.25, 0.3) is 0 Å². The molecule has 0 bridgehead atoms. The van der Waals surface area contributed by atoms with E-state index in [2.05, 4.69) is 10.00 Å². The maximum absolute atomic E-state index is 11.5. The number of aromatic nitrogens is 2. The van der Waals surface area contributed by atoms with Crippen LogP contribution < -0.4 is 0 Å². The number of ether oxygens (including phenoxy) is 1. The van der Waals surface area contributed by atoms with Gasteiger partial charge in [-0.2, -0.15) is 5.10 Å². The van der Waals surface area contributed by atoms with Crippen LogP contribution in [0.15, 0.2) is 6.20 Å². The second-order valence-corrected chi connectivity index (χ2v) is 3.89. The highest BCUT2D eigenvalue weighted by atomic mass is 16.5. The Morgan fingerprint density at radius 1 is 1.56 bits per heavy atom. The molecule has 5 nitrogen and oxygen atoms in total. The highest BCUT2D eigenvalue weighted by Gasteiger charge is 2.14. The van der Waals surface area contributed by atoms with Gasteiger partial charge in [0.05, 0.1) is 19.3 Å². The van der Waals surface area contributed by atoms with Crippen LogP contribution in [0, 0.1) is 6.92 Å². The third-order valence-electron chi connectivity index (χ3n) is 2.36. The summed E-state index contributed by atoms with van der Waals surface area (Å²) < 4.78 is 6.77. The Morgan fingerprint density at radius 3 is 2.81 bits per heavy atom. The van der Waals surface area contributed by atoms with E-state index in [-0.39, 0.29) is 5.97 Å². The second kappa shape index (κ2) is 5.65. The molecule has 90 valence electrons. The van der Waals surface area contributed by atoms with Crippen LogP contribution in [0.3, 0.4) is 0 Å². The molecule has 0 atom stereocenters. The maximum Gasteiger partial charge on any atom is 0.341 e. The molecule has 0 aliphatic carbocycles. The lowest BCUT2D eigenvalue weighted by Crippen LogP contribution is -2.19. The predicted octanol–water partition coefficient (Wildman–Crippen LogP) is 0.930. The van der Waals surface area contributed by atoms with Gasteiger partial charge < -0.3 is 9.64 Å². The van der Waals surface area contributed by atoms with Gasteiger partial charge in [0.2, 0.25) is 0 Å². The molecule has 0 saturated heterocycles. The third-order valence-corrected chi connectivity index (χ3v) is 2.36. The molecule has 0 saturated carbocycles. The molecule has 1 rings (SSSR count). The summed E-state index contributed by atoms with van der Waals surface area (Å²) in [6.07, 6.45) is 1.57. The predicted molar refractivity (Wildman–Crippen MR) is 61.5 cm³/mol. The number of hydrogen-bond donors (Lipinski definition) is 0.